The SMILES string of the molecule is COc1ccc2c(c1)N(CC1CCCCC1)C(=O)/C2=N\NC(=O)C1CCCCC1. The second-order valence-electron chi connectivity index (χ2n) is 8.57. The average Bonchev–Trinajstić information content (AvgIpc) is 3.03. The molecule has 1 heterocycles. The van der Waals surface area contributed by atoms with Gasteiger partial charge in [-0.05, 0) is 43.7 Å². The number of anilines is 1. The van der Waals surface area contributed by atoms with Gasteiger partial charge in [0.15, 0.2) is 5.71 Å². The van der Waals surface area contributed by atoms with Gasteiger partial charge in [-0.25, -0.2) is 5.43 Å². The number of nitrogens with zero attached hydrogens (tertiary/aromatic N) is 2. The van der Waals surface area contributed by atoms with Crippen molar-refractivity contribution in [1.29, 1.82) is 0 Å². The van der Waals surface area contributed by atoms with Crippen LogP contribution >= 0.6 is 0 Å². The van der Waals surface area contributed by atoms with Crippen LogP contribution in [0, 0.1) is 11.8 Å². The summed E-state index contributed by atoms with van der Waals surface area (Å²) in [5.41, 5.74) is 4.64. The second-order valence-corrected chi connectivity index (χ2v) is 8.57. The van der Waals surface area contributed by atoms with Crippen LogP contribution in [0.1, 0.15) is 69.8 Å². The van der Waals surface area contributed by atoms with Crippen LogP contribution in [-0.4, -0.2) is 31.2 Å². The minimum Gasteiger partial charge on any atom is -0.497 e. The van der Waals surface area contributed by atoms with Gasteiger partial charge < -0.3 is 9.64 Å². The zero-order valence-corrected chi connectivity index (χ0v) is 17.3. The molecule has 0 unspecified atom stereocenters. The van der Waals surface area contributed by atoms with E-state index in [0.717, 1.165) is 55.5 Å². The molecule has 4 rings (SSSR count). The van der Waals surface area contributed by atoms with Gasteiger partial charge in [-0.2, -0.15) is 5.10 Å². The maximum atomic E-state index is 13.2. The Balaban J connectivity index is 1.56. The zero-order valence-electron chi connectivity index (χ0n) is 17.3. The van der Waals surface area contributed by atoms with E-state index >= 15 is 0 Å². The van der Waals surface area contributed by atoms with Crippen LogP contribution < -0.4 is 15.1 Å². The van der Waals surface area contributed by atoms with Gasteiger partial charge in [0, 0.05) is 24.1 Å². The third-order valence-corrected chi connectivity index (χ3v) is 6.62. The van der Waals surface area contributed by atoms with Crippen molar-refractivity contribution in [3.63, 3.8) is 0 Å². The molecule has 1 N–H and O–H groups in total. The third-order valence-electron chi connectivity index (χ3n) is 6.62. The van der Waals surface area contributed by atoms with Gasteiger partial charge in [-0.15, -0.1) is 0 Å². The summed E-state index contributed by atoms with van der Waals surface area (Å²) in [4.78, 5) is 27.6. The quantitative estimate of drug-likeness (QED) is 0.763. The molecule has 6 nitrogen and oxygen atoms in total. The van der Waals surface area contributed by atoms with Crippen LogP contribution in [0.25, 0.3) is 0 Å². The third kappa shape index (κ3) is 4.31. The Hall–Kier alpha value is -2.37. The Kier molecular flexibility index (Phi) is 6.16. The lowest BCUT2D eigenvalue weighted by Crippen LogP contribution is -2.36. The molecule has 0 atom stereocenters. The fourth-order valence-electron chi connectivity index (χ4n) is 4.90. The molecule has 2 fully saturated rings. The normalized spacial score (nSPS) is 22.0. The highest BCUT2D eigenvalue weighted by Gasteiger charge is 2.36. The lowest BCUT2D eigenvalue weighted by Gasteiger charge is -2.27. The summed E-state index contributed by atoms with van der Waals surface area (Å²) in [6.45, 7) is 0.703. The molecule has 2 aliphatic carbocycles. The van der Waals surface area contributed by atoms with Crippen LogP contribution in [0.3, 0.4) is 0 Å². The first-order chi connectivity index (χ1) is 14.2. The predicted molar refractivity (Wildman–Crippen MR) is 113 cm³/mol. The highest BCUT2D eigenvalue weighted by atomic mass is 16.5. The van der Waals surface area contributed by atoms with Crippen LogP contribution in [0.4, 0.5) is 5.69 Å². The van der Waals surface area contributed by atoms with Crippen LogP contribution in [0.2, 0.25) is 0 Å². The highest BCUT2D eigenvalue weighted by molar-refractivity contribution is 6.54. The van der Waals surface area contributed by atoms with Crippen molar-refractivity contribution < 1.29 is 14.3 Å². The number of fused-ring (bicyclic) bond motifs is 1. The molecule has 6 heteroatoms. The van der Waals surface area contributed by atoms with E-state index in [2.05, 4.69) is 10.5 Å². The van der Waals surface area contributed by atoms with E-state index in [1.165, 1.54) is 25.7 Å². The maximum Gasteiger partial charge on any atom is 0.279 e. The van der Waals surface area contributed by atoms with Crippen molar-refractivity contribution in [2.45, 2.75) is 64.2 Å². The van der Waals surface area contributed by atoms with Gasteiger partial charge >= 0.3 is 0 Å². The van der Waals surface area contributed by atoms with E-state index in [1.54, 1.807) is 7.11 Å². The summed E-state index contributed by atoms with van der Waals surface area (Å²) in [5, 5.41) is 4.30. The Morgan fingerprint density at radius 3 is 2.48 bits per heavy atom. The molecule has 1 aromatic rings. The molecule has 2 saturated carbocycles. The number of hydrogen-bond donors (Lipinski definition) is 1. The average molecular weight is 398 g/mol. The summed E-state index contributed by atoms with van der Waals surface area (Å²) < 4.78 is 5.38. The molecule has 1 aromatic carbocycles. The Bertz CT molecular complexity index is 793. The van der Waals surface area contributed by atoms with E-state index in [0.29, 0.717) is 18.2 Å². The first-order valence-electron chi connectivity index (χ1n) is 11.0. The summed E-state index contributed by atoms with van der Waals surface area (Å²) in [5.74, 6) is 1.06. The maximum absolute atomic E-state index is 13.2. The van der Waals surface area contributed by atoms with Crippen molar-refractivity contribution in [2.24, 2.45) is 16.9 Å². The number of amides is 2. The summed E-state index contributed by atoms with van der Waals surface area (Å²) in [6, 6.07) is 5.62. The largest absolute Gasteiger partial charge is 0.497 e. The molecule has 0 saturated heterocycles. The molecule has 1 aliphatic heterocycles. The van der Waals surface area contributed by atoms with E-state index < -0.39 is 0 Å². The standard InChI is InChI=1S/C23H31N3O3/c1-29-18-12-13-19-20(14-18)26(15-16-8-4-2-5-9-16)23(28)21(19)24-25-22(27)17-10-6-3-7-11-17/h12-14,16-17H,2-11,15H2,1H3,(H,25,27)/b24-21-. The van der Waals surface area contributed by atoms with Crippen molar-refractivity contribution in [2.75, 3.05) is 18.6 Å². The topological polar surface area (TPSA) is 71.0 Å². The van der Waals surface area contributed by atoms with Crippen molar-refractivity contribution in [1.82, 2.24) is 5.43 Å². The second kappa shape index (κ2) is 8.97. The number of carbonyl (C=O) groups is 2. The van der Waals surface area contributed by atoms with Gasteiger partial charge in [0.2, 0.25) is 5.91 Å². The number of nitrogens with one attached hydrogen (secondary N) is 1. The Labute approximate surface area is 172 Å². The zero-order chi connectivity index (χ0) is 20.2. The molecule has 0 radical (unpaired) electrons. The summed E-state index contributed by atoms with van der Waals surface area (Å²) in [7, 11) is 1.63. The molecular formula is C23H31N3O3. The van der Waals surface area contributed by atoms with E-state index in [1.807, 2.05) is 23.1 Å². The number of hydrazone groups is 1. The van der Waals surface area contributed by atoms with Gasteiger partial charge in [0.1, 0.15) is 5.75 Å². The van der Waals surface area contributed by atoms with Gasteiger partial charge in [0.25, 0.3) is 5.91 Å². The summed E-state index contributed by atoms with van der Waals surface area (Å²) in [6.07, 6.45) is 11.3. The predicted octanol–water partition coefficient (Wildman–Crippen LogP) is 4.02. The smallest absolute Gasteiger partial charge is 0.279 e. The molecule has 0 aromatic heterocycles. The molecule has 3 aliphatic rings. The number of ether oxygens (including phenoxy) is 1. The number of methoxy groups -OCH3 is 1. The first-order valence-corrected chi connectivity index (χ1v) is 11.0. The van der Waals surface area contributed by atoms with Crippen LogP contribution in [0.5, 0.6) is 5.75 Å². The van der Waals surface area contributed by atoms with E-state index in [9.17, 15) is 9.59 Å². The highest BCUT2D eigenvalue weighted by Crippen LogP contribution is 2.35. The lowest BCUT2D eigenvalue weighted by molar-refractivity contribution is -0.125. The molecule has 156 valence electrons. The van der Waals surface area contributed by atoms with Gasteiger partial charge in [-0.3, -0.25) is 9.59 Å². The molecule has 0 bridgehead atoms. The monoisotopic (exact) mass is 397 g/mol. The van der Waals surface area contributed by atoms with E-state index in [4.69, 9.17) is 4.74 Å². The fraction of sp³-hybridized carbons (Fsp3) is 0.609. The Morgan fingerprint density at radius 1 is 1.10 bits per heavy atom. The van der Waals surface area contributed by atoms with Crippen molar-refractivity contribution >= 4 is 23.2 Å². The minimum absolute atomic E-state index is 0.0123. The first kappa shape index (κ1) is 19.9. The van der Waals surface area contributed by atoms with Gasteiger partial charge in [-0.1, -0.05) is 38.5 Å². The fourth-order valence-corrected chi connectivity index (χ4v) is 4.90. The van der Waals surface area contributed by atoms with Crippen LogP contribution in [-0.2, 0) is 9.59 Å². The Morgan fingerprint density at radius 2 is 1.79 bits per heavy atom. The molecular weight excluding hydrogens is 366 g/mol. The lowest BCUT2D eigenvalue weighted by atomic mass is 9.89. The van der Waals surface area contributed by atoms with Crippen LogP contribution in [0.15, 0.2) is 23.3 Å². The number of benzene rings is 1. The van der Waals surface area contributed by atoms with Gasteiger partial charge in [0.05, 0.1) is 12.8 Å². The number of carbonyl (C=O) groups excluding carboxylic acids is 2. The summed E-state index contributed by atoms with van der Waals surface area (Å²) >= 11 is 0. The molecule has 2 amide bonds. The van der Waals surface area contributed by atoms with Crippen molar-refractivity contribution in [3.05, 3.63) is 23.8 Å². The molecule has 0 spiro atoms. The van der Waals surface area contributed by atoms with E-state index in [-0.39, 0.29) is 17.7 Å². The number of hydrogen-bond acceptors (Lipinski definition) is 4. The molecule has 29 heavy (non-hydrogen) atoms. The number of rotatable bonds is 5. The van der Waals surface area contributed by atoms with Crippen molar-refractivity contribution in [3.8, 4) is 5.75 Å². The minimum atomic E-state index is -0.122.